The molecule has 2 aliphatic carbocycles. The first-order chi connectivity index (χ1) is 19.1. The Kier molecular flexibility index (Phi) is 9.05. The summed E-state index contributed by atoms with van der Waals surface area (Å²) in [5.74, 6) is -7.19. The minimum absolute atomic E-state index is 0.0415. The minimum atomic E-state index is -4.13. The van der Waals surface area contributed by atoms with Gasteiger partial charge in [0, 0.05) is 29.9 Å². The second-order valence-corrected chi connectivity index (χ2v) is 13.3. The lowest BCUT2D eigenvalue weighted by atomic mass is 9.72. The molecule has 0 saturated heterocycles. The molecule has 0 aromatic heterocycles. The molecule has 4 atom stereocenters. The number of hydrogen-bond acceptors (Lipinski definition) is 7. The number of nitrogens with one attached hydrogen (secondary N) is 2. The molecule has 5 N–H and O–H groups in total. The molecule has 2 bridgehead atoms. The summed E-state index contributed by atoms with van der Waals surface area (Å²) in [4.78, 5) is 24.9. The summed E-state index contributed by atoms with van der Waals surface area (Å²) in [6, 6.07) is 4.64. The van der Waals surface area contributed by atoms with Crippen LogP contribution in [-0.4, -0.2) is 65.2 Å². The second-order valence-electron chi connectivity index (χ2n) is 10.7. The van der Waals surface area contributed by atoms with Crippen LogP contribution in [0.5, 0.6) is 0 Å². The number of fused-ring (bicyclic) bond motifs is 2. The Hall–Kier alpha value is -2.71. The fraction of sp³-hybridized carbons (Fsp3) is 0.481. The molecule has 41 heavy (non-hydrogen) atoms. The summed E-state index contributed by atoms with van der Waals surface area (Å²) in [5, 5.41) is 34.1. The number of halogens is 4. The monoisotopic (exact) mass is 618 g/mol. The molecular weight excluding hydrogens is 589 g/mol. The van der Waals surface area contributed by atoms with E-state index in [9.17, 15) is 46.5 Å². The van der Waals surface area contributed by atoms with E-state index in [0.29, 0.717) is 25.0 Å². The van der Waals surface area contributed by atoms with Gasteiger partial charge in [0.1, 0.15) is 0 Å². The minimum Gasteiger partial charge on any atom is -0.391 e. The molecular formula is C27H30ClF3N2O7S. The molecule has 2 saturated carbocycles. The van der Waals surface area contributed by atoms with Crippen LogP contribution in [0, 0.1) is 29.3 Å². The fourth-order valence-corrected chi connectivity index (χ4v) is 8.14. The van der Waals surface area contributed by atoms with Crippen molar-refractivity contribution in [2.45, 2.75) is 67.0 Å². The van der Waals surface area contributed by atoms with Gasteiger partial charge >= 0.3 is 0 Å². The number of aliphatic hydroxyl groups is 3. The first kappa shape index (κ1) is 31.2. The lowest BCUT2D eigenvalue weighted by molar-refractivity contribution is -0.133. The van der Waals surface area contributed by atoms with Crippen LogP contribution in [0.4, 0.5) is 18.9 Å². The van der Waals surface area contributed by atoms with Gasteiger partial charge in [-0.1, -0.05) is 11.6 Å². The largest absolute Gasteiger partial charge is 0.391 e. The van der Waals surface area contributed by atoms with Crippen molar-refractivity contribution >= 4 is 38.9 Å². The van der Waals surface area contributed by atoms with Gasteiger partial charge in [-0.2, -0.15) is 0 Å². The molecule has 224 valence electrons. The number of sulfone groups is 1. The van der Waals surface area contributed by atoms with E-state index in [1.807, 2.05) is 0 Å². The number of amides is 2. The highest BCUT2D eigenvalue weighted by Crippen LogP contribution is 2.53. The first-order valence-electron chi connectivity index (χ1n) is 13.0. The third kappa shape index (κ3) is 6.38. The molecule has 0 heterocycles. The van der Waals surface area contributed by atoms with Crippen molar-refractivity contribution in [3.05, 3.63) is 58.4 Å². The summed E-state index contributed by atoms with van der Waals surface area (Å²) < 4.78 is 67.7. The van der Waals surface area contributed by atoms with E-state index < -0.39 is 74.0 Å². The van der Waals surface area contributed by atoms with Gasteiger partial charge < -0.3 is 26.0 Å². The lowest BCUT2D eigenvalue weighted by Gasteiger charge is -2.42. The summed E-state index contributed by atoms with van der Waals surface area (Å²) >= 11 is 6.23. The van der Waals surface area contributed by atoms with Gasteiger partial charge in [-0.15, -0.1) is 0 Å². The predicted octanol–water partition coefficient (Wildman–Crippen LogP) is 2.95. The number of benzene rings is 2. The van der Waals surface area contributed by atoms with Crippen LogP contribution in [0.25, 0.3) is 0 Å². The van der Waals surface area contributed by atoms with Crippen LogP contribution in [0.2, 0.25) is 5.02 Å². The fourth-order valence-electron chi connectivity index (χ4n) is 5.73. The summed E-state index contributed by atoms with van der Waals surface area (Å²) in [7, 11) is -4.13. The maximum atomic E-state index is 13.7. The van der Waals surface area contributed by atoms with E-state index in [0.717, 1.165) is 6.07 Å². The Balaban J connectivity index is 1.49. The molecule has 0 aliphatic heterocycles. The van der Waals surface area contributed by atoms with Gasteiger partial charge in [0.25, 0.3) is 5.91 Å². The molecule has 4 unspecified atom stereocenters. The SMILES string of the molecule is CC(O)C(O)CNC(=O)CC1(O)C2CCC1CC(S(=O)(=O)c1cc(C(=O)Nc3cc(F)c(F)c(F)c3)ccc1Cl)C2. The standard InChI is InChI=1S/C27H30ClF3N2O7S/c1-13(34)22(35)12-32-24(36)11-27(38)15-3-4-16(27)8-18(7-15)41(39,40)23-6-14(2-5-19(23)28)26(37)33-17-9-20(29)25(31)21(30)10-17/h2,5-6,9-10,13,15-16,18,22,34-35,38H,3-4,7-8,11-12H2,1H3,(H,32,36)(H,33,37). The molecule has 0 spiro atoms. The van der Waals surface area contributed by atoms with Crippen molar-refractivity contribution in [1.82, 2.24) is 5.32 Å². The predicted molar refractivity (Wildman–Crippen MR) is 142 cm³/mol. The summed E-state index contributed by atoms with van der Waals surface area (Å²) in [5.41, 5.74) is -2.00. The highest BCUT2D eigenvalue weighted by atomic mass is 35.5. The van der Waals surface area contributed by atoms with E-state index in [1.165, 1.54) is 19.1 Å². The van der Waals surface area contributed by atoms with E-state index >= 15 is 0 Å². The molecule has 2 fully saturated rings. The first-order valence-corrected chi connectivity index (χ1v) is 14.9. The maximum Gasteiger partial charge on any atom is 0.255 e. The van der Waals surface area contributed by atoms with E-state index in [-0.39, 0.29) is 47.0 Å². The van der Waals surface area contributed by atoms with Gasteiger partial charge in [0.05, 0.1) is 39.4 Å². The number of aliphatic hydroxyl groups excluding tert-OH is 2. The van der Waals surface area contributed by atoms with Crippen molar-refractivity contribution in [3.63, 3.8) is 0 Å². The number of rotatable bonds is 9. The van der Waals surface area contributed by atoms with Gasteiger partial charge in [-0.25, -0.2) is 21.6 Å². The second kappa shape index (κ2) is 11.9. The van der Waals surface area contributed by atoms with Gasteiger partial charge in [0.2, 0.25) is 5.91 Å². The molecule has 2 aromatic carbocycles. The number of carbonyl (C=O) groups is 2. The van der Waals surface area contributed by atoms with Crippen LogP contribution in [0.1, 0.15) is 49.4 Å². The third-order valence-corrected chi connectivity index (χ3v) is 10.7. The van der Waals surface area contributed by atoms with Gasteiger partial charge in [-0.3, -0.25) is 9.59 Å². The van der Waals surface area contributed by atoms with Gasteiger partial charge in [-0.05, 0) is 62.6 Å². The molecule has 0 radical (unpaired) electrons. The highest BCUT2D eigenvalue weighted by molar-refractivity contribution is 7.92. The van der Waals surface area contributed by atoms with E-state index in [2.05, 4.69) is 10.6 Å². The van der Waals surface area contributed by atoms with Crippen molar-refractivity contribution in [2.75, 3.05) is 11.9 Å². The van der Waals surface area contributed by atoms with Crippen molar-refractivity contribution in [3.8, 4) is 0 Å². The molecule has 2 aromatic rings. The summed E-state index contributed by atoms with van der Waals surface area (Å²) in [6.45, 7) is 1.17. The third-order valence-electron chi connectivity index (χ3n) is 8.06. The Bertz CT molecular complexity index is 1420. The Labute approximate surface area is 239 Å². The van der Waals surface area contributed by atoms with E-state index in [1.54, 1.807) is 0 Å². The Morgan fingerprint density at radius 2 is 1.66 bits per heavy atom. The topological polar surface area (TPSA) is 153 Å². The lowest BCUT2D eigenvalue weighted by Crippen LogP contribution is -2.51. The Morgan fingerprint density at radius 3 is 2.22 bits per heavy atom. The Morgan fingerprint density at radius 1 is 1.07 bits per heavy atom. The maximum absolute atomic E-state index is 13.7. The van der Waals surface area contributed by atoms with Crippen LogP contribution < -0.4 is 10.6 Å². The molecule has 4 rings (SSSR count). The van der Waals surface area contributed by atoms with Gasteiger partial charge in [0.15, 0.2) is 27.3 Å². The number of anilines is 1. The zero-order valence-corrected chi connectivity index (χ0v) is 23.5. The number of hydrogen-bond donors (Lipinski definition) is 5. The normalized spacial score (nSPS) is 25.4. The molecule has 2 aliphatic rings. The smallest absolute Gasteiger partial charge is 0.255 e. The van der Waals surface area contributed by atoms with E-state index in [4.69, 9.17) is 11.6 Å². The zero-order chi connectivity index (χ0) is 30.3. The molecule has 2 amide bonds. The number of carbonyl (C=O) groups excluding carboxylic acids is 2. The average Bonchev–Trinajstić information content (AvgIpc) is 3.06. The zero-order valence-electron chi connectivity index (χ0n) is 21.9. The quantitative estimate of drug-likeness (QED) is 0.271. The van der Waals surface area contributed by atoms with Crippen molar-refractivity contribution < 1.29 is 46.5 Å². The van der Waals surface area contributed by atoms with Crippen molar-refractivity contribution in [2.24, 2.45) is 11.8 Å². The average molecular weight is 619 g/mol. The van der Waals surface area contributed by atoms with Crippen LogP contribution in [0.3, 0.4) is 0 Å². The van der Waals surface area contributed by atoms with Crippen LogP contribution in [-0.2, 0) is 14.6 Å². The van der Waals surface area contributed by atoms with Crippen LogP contribution >= 0.6 is 11.6 Å². The summed E-state index contributed by atoms with van der Waals surface area (Å²) in [6.07, 6.45) is -1.44. The van der Waals surface area contributed by atoms with Crippen LogP contribution in [0.15, 0.2) is 35.2 Å². The molecule has 14 heteroatoms. The highest BCUT2D eigenvalue weighted by Gasteiger charge is 2.56. The molecule has 9 nitrogen and oxygen atoms in total. The van der Waals surface area contributed by atoms with Crippen molar-refractivity contribution in [1.29, 1.82) is 0 Å².